The van der Waals surface area contributed by atoms with Crippen molar-refractivity contribution in [2.24, 2.45) is 0 Å². The minimum Gasteiger partial charge on any atom is -0.493 e. The van der Waals surface area contributed by atoms with Gasteiger partial charge in [0.25, 0.3) is 0 Å². The minimum atomic E-state index is -0.348. The zero-order chi connectivity index (χ0) is 21.8. The number of nitrogens with zero attached hydrogens (tertiary/aromatic N) is 6. The summed E-state index contributed by atoms with van der Waals surface area (Å²) in [7, 11) is 1.61. The lowest BCUT2D eigenvalue weighted by atomic mass is 10.2. The average molecular weight is 420 g/mol. The smallest absolute Gasteiger partial charge is 0.327 e. The van der Waals surface area contributed by atoms with E-state index in [1.807, 2.05) is 49.4 Å². The topological polar surface area (TPSA) is 96.4 Å². The van der Waals surface area contributed by atoms with Crippen molar-refractivity contribution < 1.29 is 14.3 Å². The third-order valence-electron chi connectivity index (χ3n) is 4.84. The van der Waals surface area contributed by atoms with Crippen LogP contribution in [0.1, 0.15) is 24.3 Å². The summed E-state index contributed by atoms with van der Waals surface area (Å²) in [6, 6.07) is 13.5. The van der Waals surface area contributed by atoms with E-state index in [4.69, 9.17) is 9.47 Å². The van der Waals surface area contributed by atoms with Gasteiger partial charge in [0.05, 0.1) is 13.7 Å². The van der Waals surface area contributed by atoms with Crippen molar-refractivity contribution in [3.63, 3.8) is 0 Å². The molecule has 31 heavy (non-hydrogen) atoms. The minimum absolute atomic E-state index is 0.00846. The maximum Gasteiger partial charge on any atom is 0.327 e. The molecule has 0 aliphatic rings. The second-order valence-corrected chi connectivity index (χ2v) is 6.99. The summed E-state index contributed by atoms with van der Waals surface area (Å²) >= 11 is 0. The van der Waals surface area contributed by atoms with Crippen LogP contribution in [0.2, 0.25) is 0 Å². The van der Waals surface area contributed by atoms with Crippen LogP contribution in [0.5, 0.6) is 5.75 Å². The molecule has 160 valence electrons. The van der Waals surface area contributed by atoms with E-state index in [0.29, 0.717) is 48.3 Å². The number of ether oxygens (including phenoxy) is 2. The predicted molar refractivity (Wildman–Crippen MR) is 114 cm³/mol. The van der Waals surface area contributed by atoms with E-state index >= 15 is 0 Å². The van der Waals surface area contributed by atoms with Crippen LogP contribution in [0, 0.1) is 6.92 Å². The molecule has 0 saturated heterocycles. The SMILES string of the molecule is CCOC(=O)Cn1nc(-c2ccccc2)nc1CCc1nc2c(OC)ccc(C)n2n1. The monoisotopic (exact) mass is 420 g/mol. The standard InChI is InChI=1S/C22H24N6O3/c1-4-31-20(29)14-27-19(24-21(26-27)16-8-6-5-7-9-16)13-12-18-23-22-17(30-3)11-10-15(2)28(22)25-18/h5-11H,4,12-14H2,1-3H3. The second kappa shape index (κ2) is 8.95. The lowest BCUT2D eigenvalue weighted by Crippen LogP contribution is -2.17. The Bertz CT molecular complexity index is 1200. The highest BCUT2D eigenvalue weighted by Gasteiger charge is 2.17. The molecule has 0 saturated carbocycles. The summed E-state index contributed by atoms with van der Waals surface area (Å²) in [5, 5.41) is 9.14. The summed E-state index contributed by atoms with van der Waals surface area (Å²) in [4.78, 5) is 21.4. The number of hydrogen-bond donors (Lipinski definition) is 0. The van der Waals surface area contributed by atoms with E-state index in [-0.39, 0.29) is 12.5 Å². The zero-order valence-electron chi connectivity index (χ0n) is 17.8. The summed E-state index contributed by atoms with van der Waals surface area (Å²) in [5.74, 6) is 2.23. The van der Waals surface area contributed by atoms with Crippen LogP contribution in [0.25, 0.3) is 17.0 Å². The number of carbonyl (C=O) groups is 1. The van der Waals surface area contributed by atoms with Crippen molar-refractivity contribution >= 4 is 11.6 Å². The van der Waals surface area contributed by atoms with Gasteiger partial charge in [-0.25, -0.2) is 19.2 Å². The molecule has 0 amide bonds. The molecular formula is C22H24N6O3. The van der Waals surface area contributed by atoms with Gasteiger partial charge < -0.3 is 9.47 Å². The van der Waals surface area contributed by atoms with Gasteiger partial charge in [-0.05, 0) is 26.0 Å². The summed E-state index contributed by atoms with van der Waals surface area (Å²) in [5.41, 5.74) is 2.53. The number of aromatic nitrogens is 6. The van der Waals surface area contributed by atoms with Gasteiger partial charge in [0, 0.05) is 24.1 Å². The molecule has 3 heterocycles. The molecule has 3 aromatic heterocycles. The Labute approximate surface area is 179 Å². The maximum atomic E-state index is 12.1. The summed E-state index contributed by atoms with van der Waals surface area (Å²) in [6.45, 7) is 4.07. The molecule has 4 aromatic rings. The lowest BCUT2D eigenvalue weighted by molar-refractivity contribution is -0.144. The van der Waals surface area contributed by atoms with Crippen molar-refractivity contribution in [1.82, 2.24) is 29.4 Å². The number of fused-ring (bicyclic) bond motifs is 1. The number of carbonyl (C=O) groups excluding carboxylic acids is 1. The van der Waals surface area contributed by atoms with E-state index < -0.39 is 0 Å². The quantitative estimate of drug-likeness (QED) is 0.404. The molecule has 0 atom stereocenters. The molecule has 0 unspecified atom stereocenters. The molecule has 0 spiro atoms. The van der Waals surface area contributed by atoms with Crippen LogP contribution in [-0.4, -0.2) is 49.0 Å². The molecule has 0 aliphatic heterocycles. The number of methoxy groups -OCH3 is 1. The number of esters is 1. The second-order valence-electron chi connectivity index (χ2n) is 6.99. The lowest BCUT2D eigenvalue weighted by Gasteiger charge is -2.04. The summed E-state index contributed by atoms with van der Waals surface area (Å²) < 4.78 is 13.9. The first-order chi connectivity index (χ1) is 15.1. The Hall–Kier alpha value is -3.75. The maximum absolute atomic E-state index is 12.1. The van der Waals surface area contributed by atoms with Crippen molar-refractivity contribution in [2.75, 3.05) is 13.7 Å². The third kappa shape index (κ3) is 4.40. The van der Waals surface area contributed by atoms with Crippen molar-refractivity contribution in [2.45, 2.75) is 33.2 Å². The molecule has 0 fully saturated rings. The van der Waals surface area contributed by atoms with Gasteiger partial charge in [0.1, 0.15) is 12.4 Å². The number of aryl methyl sites for hydroxylation is 3. The van der Waals surface area contributed by atoms with Crippen LogP contribution in [-0.2, 0) is 28.9 Å². The molecule has 1 aromatic carbocycles. The Kier molecular flexibility index (Phi) is 5.92. The highest BCUT2D eigenvalue weighted by molar-refractivity contribution is 5.69. The predicted octanol–water partition coefficient (Wildman–Crippen LogP) is 2.65. The average Bonchev–Trinajstić information content (AvgIpc) is 3.38. The van der Waals surface area contributed by atoms with E-state index in [0.717, 1.165) is 11.3 Å². The third-order valence-corrected chi connectivity index (χ3v) is 4.84. The Morgan fingerprint density at radius 3 is 2.58 bits per heavy atom. The largest absolute Gasteiger partial charge is 0.493 e. The van der Waals surface area contributed by atoms with Gasteiger partial charge in [-0.1, -0.05) is 30.3 Å². The Balaban J connectivity index is 1.61. The van der Waals surface area contributed by atoms with Gasteiger partial charge in [-0.3, -0.25) is 4.79 Å². The molecule has 9 nitrogen and oxygen atoms in total. The fourth-order valence-corrected chi connectivity index (χ4v) is 3.31. The van der Waals surface area contributed by atoms with Crippen LogP contribution in [0.15, 0.2) is 42.5 Å². The number of rotatable bonds is 8. The van der Waals surface area contributed by atoms with Gasteiger partial charge in [0.2, 0.25) is 0 Å². The Morgan fingerprint density at radius 2 is 1.84 bits per heavy atom. The first-order valence-corrected chi connectivity index (χ1v) is 10.1. The van der Waals surface area contributed by atoms with E-state index in [9.17, 15) is 4.79 Å². The van der Waals surface area contributed by atoms with E-state index in [2.05, 4.69) is 20.2 Å². The zero-order valence-corrected chi connectivity index (χ0v) is 17.8. The Morgan fingerprint density at radius 1 is 1.03 bits per heavy atom. The fourth-order valence-electron chi connectivity index (χ4n) is 3.31. The van der Waals surface area contributed by atoms with Crippen LogP contribution in [0.4, 0.5) is 0 Å². The van der Waals surface area contributed by atoms with Gasteiger partial charge in [-0.15, -0.1) is 0 Å². The van der Waals surface area contributed by atoms with Gasteiger partial charge in [-0.2, -0.15) is 10.2 Å². The highest BCUT2D eigenvalue weighted by atomic mass is 16.5. The van der Waals surface area contributed by atoms with E-state index in [1.165, 1.54) is 0 Å². The number of benzene rings is 1. The number of pyridine rings is 1. The van der Waals surface area contributed by atoms with E-state index in [1.54, 1.807) is 23.2 Å². The first kappa shape index (κ1) is 20.5. The number of hydrogen-bond acceptors (Lipinski definition) is 7. The highest BCUT2D eigenvalue weighted by Crippen LogP contribution is 2.20. The van der Waals surface area contributed by atoms with Crippen molar-refractivity contribution in [3.8, 4) is 17.1 Å². The molecule has 0 radical (unpaired) electrons. The molecular weight excluding hydrogens is 396 g/mol. The van der Waals surface area contributed by atoms with Gasteiger partial charge >= 0.3 is 5.97 Å². The van der Waals surface area contributed by atoms with Crippen LogP contribution < -0.4 is 4.74 Å². The molecule has 0 N–H and O–H groups in total. The fraction of sp³-hybridized carbons (Fsp3) is 0.318. The molecule has 9 heteroatoms. The van der Waals surface area contributed by atoms with Crippen molar-refractivity contribution in [1.29, 1.82) is 0 Å². The first-order valence-electron chi connectivity index (χ1n) is 10.1. The molecule has 0 aliphatic carbocycles. The van der Waals surface area contributed by atoms with Crippen LogP contribution >= 0.6 is 0 Å². The van der Waals surface area contributed by atoms with Crippen LogP contribution in [0.3, 0.4) is 0 Å². The molecule has 4 rings (SSSR count). The summed E-state index contributed by atoms with van der Waals surface area (Å²) in [6.07, 6.45) is 1.07. The van der Waals surface area contributed by atoms with Crippen molar-refractivity contribution in [3.05, 3.63) is 59.8 Å². The normalized spacial score (nSPS) is 11.1. The van der Waals surface area contributed by atoms with Gasteiger partial charge in [0.15, 0.2) is 23.0 Å². The molecule has 0 bridgehead atoms.